The number of hydrogen-bond acceptors (Lipinski definition) is 5. The molecule has 0 aromatic rings. The highest BCUT2D eigenvalue weighted by atomic mass is 31.1. The second-order valence-electron chi connectivity index (χ2n) is 3.79. The van der Waals surface area contributed by atoms with Gasteiger partial charge in [-0.05, 0) is 0 Å². The van der Waals surface area contributed by atoms with Crippen LogP contribution < -0.4 is 0 Å². The molecule has 1 saturated heterocycles. The van der Waals surface area contributed by atoms with Gasteiger partial charge in [-0.2, -0.15) is 0 Å². The highest BCUT2D eigenvalue weighted by molar-refractivity contribution is 7.24. The van der Waals surface area contributed by atoms with E-state index in [0.717, 1.165) is 0 Å². The van der Waals surface area contributed by atoms with Crippen molar-refractivity contribution in [3.05, 3.63) is 0 Å². The second kappa shape index (κ2) is 6.76. The molecule has 1 aliphatic heterocycles. The summed E-state index contributed by atoms with van der Waals surface area (Å²) in [6.07, 6.45) is -0.508. The van der Waals surface area contributed by atoms with Crippen molar-refractivity contribution in [2.45, 2.75) is 25.4 Å². The van der Waals surface area contributed by atoms with Crippen LogP contribution in [-0.2, 0) is 22.9 Å². The summed E-state index contributed by atoms with van der Waals surface area (Å²) < 4.78 is 37.4. The van der Waals surface area contributed by atoms with Gasteiger partial charge < -0.3 is 13.8 Å². The van der Waals surface area contributed by atoms with Crippen molar-refractivity contribution in [3.8, 4) is 0 Å². The Labute approximate surface area is 102 Å². The summed E-state index contributed by atoms with van der Waals surface area (Å²) in [5.41, 5.74) is -0.482. The second-order valence-corrected chi connectivity index (χ2v) is 5.53. The molecule has 0 aliphatic carbocycles. The molecule has 0 bridgehead atoms. The fourth-order valence-electron chi connectivity index (χ4n) is 1.86. The molecule has 0 saturated carbocycles. The lowest BCUT2D eigenvalue weighted by Gasteiger charge is -2.30. The topological polar surface area (TPSA) is 61.8 Å². The summed E-state index contributed by atoms with van der Waals surface area (Å²) in [6, 6.07) is 0. The zero-order chi connectivity index (χ0) is 12.2. The molecule has 1 fully saturated rings. The smallest absolute Gasteiger partial charge is 0.188 e. The first kappa shape index (κ1) is 15.0. The molecule has 6 atom stereocenters. The maximum absolute atomic E-state index is 10.8. The van der Waals surface area contributed by atoms with Crippen LogP contribution in [0.25, 0.3) is 0 Å². The van der Waals surface area contributed by atoms with Gasteiger partial charge in [0.2, 0.25) is 0 Å². The van der Waals surface area contributed by atoms with E-state index in [1.807, 2.05) is 6.92 Å². The van der Waals surface area contributed by atoms with Gasteiger partial charge >= 0.3 is 0 Å². The first-order chi connectivity index (χ1) is 7.63. The fraction of sp³-hybridized carbons (Fsp3) is 1.00. The standard InChI is InChI=1S/C7H14O5P4/c1-7(3-16-9)4(2-15-8)10-6(12-14)5(7)11-13/h4-6H,2-3,13-14H2,1H3. The largest absolute Gasteiger partial charge is 0.356 e. The Hall–Kier alpha value is 0.940. The van der Waals surface area contributed by atoms with E-state index in [1.165, 1.54) is 0 Å². The normalized spacial score (nSPS) is 39.6. The van der Waals surface area contributed by atoms with Gasteiger partial charge in [0.25, 0.3) is 0 Å². The molecule has 0 amide bonds. The van der Waals surface area contributed by atoms with Crippen LogP contribution in [0.1, 0.15) is 6.92 Å². The fourth-order valence-corrected chi connectivity index (χ4v) is 3.80. The summed E-state index contributed by atoms with van der Waals surface area (Å²) >= 11 is 0. The van der Waals surface area contributed by atoms with Crippen molar-refractivity contribution in [3.63, 3.8) is 0 Å². The van der Waals surface area contributed by atoms with Gasteiger partial charge in [-0.3, -0.25) is 9.13 Å². The molecule has 1 rings (SSSR count). The number of hydrogen-bond donors (Lipinski definition) is 0. The van der Waals surface area contributed by atoms with Gasteiger partial charge in [0.1, 0.15) is 6.10 Å². The first-order valence-electron chi connectivity index (χ1n) is 4.58. The molecule has 16 heavy (non-hydrogen) atoms. The third-order valence-electron chi connectivity index (χ3n) is 2.86. The van der Waals surface area contributed by atoms with Crippen molar-refractivity contribution in [2.24, 2.45) is 5.41 Å². The highest BCUT2D eigenvalue weighted by Gasteiger charge is 2.54. The van der Waals surface area contributed by atoms with Crippen molar-refractivity contribution in [1.29, 1.82) is 0 Å². The average Bonchev–Trinajstić information content (AvgIpc) is 2.52. The van der Waals surface area contributed by atoms with Gasteiger partial charge in [-0.1, -0.05) is 6.92 Å². The van der Waals surface area contributed by atoms with Gasteiger partial charge in [-0.15, -0.1) is 0 Å². The molecule has 0 N–H and O–H groups in total. The maximum Gasteiger partial charge on any atom is 0.188 e. The third-order valence-corrected chi connectivity index (χ3v) is 4.71. The van der Waals surface area contributed by atoms with Crippen LogP contribution in [0.15, 0.2) is 0 Å². The van der Waals surface area contributed by atoms with E-state index in [4.69, 9.17) is 13.8 Å². The Morgan fingerprint density at radius 2 is 2.00 bits per heavy atom. The summed E-state index contributed by atoms with van der Waals surface area (Å²) in [5.74, 6) is 0. The van der Waals surface area contributed by atoms with E-state index in [1.54, 1.807) is 0 Å². The molecule has 1 heterocycles. The van der Waals surface area contributed by atoms with E-state index < -0.39 is 11.7 Å². The lowest BCUT2D eigenvalue weighted by molar-refractivity contribution is -0.0873. The van der Waals surface area contributed by atoms with Crippen molar-refractivity contribution in [1.82, 2.24) is 0 Å². The SMILES string of the molecule is CC1(CP=O)C(CP=O)OC(OP)C1OP. The summed E-state index contributed by atoms with van der Waals surface area (Å²) in [7, 11) is 4.29. The Balaban J connectivity index is 2.93. The molecule has 1 aliphatic rings. The van der Waals surface area contributed by atoms with Crippen LogP contribution >= 0.6 is 35.9 Å². The first-order valence-corrected chi connectivity index (χ1v) is 7.52. The lowest BCUT2D eigenvalue weighted by Crippen LogP contribution is -2.41. The van der Waals surface area contributed by atoms with E-state index >= 15 is 0 Å². The molecule has 0 radical (unpaired) electrons. The van der Waals surface area contributed by atoms with Crippen LogP contribution in [0.2, 0.25) is 0 Å². The molecule has 5 nitrogen and oxygen atoms in total. The quantitative estimate of drug-likeness (QED) is 0.704. The van der Waals surface area contributed by atoms with Crippen molar-refractivity contribution < 1.29 is 22.9 Å². The van der Waals surface area contributed by atoms with Crippen LogP contribution in [0.3, 0.4) is 0 Å². The Morgan fingerprint density at radius 3 is 2.44 bits per heavy atom. The van der Waals surface area contributed by atoms with Crippen LogP contribution in [-0.4, -0.2) is 30.8 Å². The number of rotatable bonds is 6. The summed E-state index contributed by atoms with van der Waals surface area (Å²) in [6.45, 7) is 1.90. The molecule has 92 valence electrons. The number of ether oxygens (including phenoxy) is 1. The van der Waals surface area contributed by atoms with Crippen LogP contribution in [0.5, 0.6) is 0 Å². The Bertz CT molecular complexity index is 265. The molecular formula is C7H14O5P4. The molecule has 0 aromatic heterocycles. The summed E-state index contributed by atoms with van der Waals surface area (Å²) in [5, 5.41) is 0. The van der Waals surface area contributed by atoms with Crippen molar-refractivity contribution in [2.75, 3.05) is 12.3 Å². The third kappa shape index (κ3) is 2.85. The molecule has 0 spiro atoms. The minimum absolute atomic E-state index is 0.00624. The zero-order valence-corrected chi connectivity index (χ0v) is 12.8. The maximum atomic E-state index is 10.8. The molecule has 6 unspecified atom stereocenters. The van der Waals surface area contributed by atoms with E-state index in [2.05, 4.69) is 18.9 Å². The zero-order valence-electron chi connectivity index (χ0n) is 8.74. The van der Waals surface area contributed by atoms with E-state index in [-0.39, 0.29) is 29.1 Å². The highest BCUT2D eigenvalue weighted by Crippen LogP contribution is 2.45. The lowest BCUT2D eigenvalue weighted by atomic mass is 9.83. The van der Waals surface area contributed by atoms with Gasteiger partial charge in [0, 0.05) is 30.5 Å². The Kier molecular flexibility index (Phi) is 6.34. The monoisotopic (exact) mass is 302 g/mol. The van der Waals surface area contributed by atoms with Gasteiger partial charge in [0.15, 0.2) is 23.2 Å². The van der Waals surface area contributed by atoms with E-state index in [0.29, 0.717) is 12.3 Å². The minimum Gasteiger partial charge on any atom is -0.356 e. The minimum atomic E-state index is -0.555. The predicted molar refractivity (Wildman–Crippen MR) is 67.1 cm³/mol. The predicted octanol–water partition coefficient (Wildman–Crippen LogP) is 2.28. The molecular weight excluding hydrogens is 288 g/mol. The molecule has 0 aromatic carbocycles. The van der Waals surface area contributed by atoms with Gasteiger partial charge in [0.05, 0.1) is 12.3 Å². The summed E-state index contributed by atoms with van der Waals surface area (Å²) in [4.78, 5) is 0. The average molecular weight is 302 g/mol. The van der Waals surface area contributed by atoms with Crippen LogP contribution in [0, 0.1) is 5.41 Å². The van der Waals surface area contributed by atoms with Gasteiger partial charge in [-0.25, -0.2) is 0 Å². The van der Waals surface area contributed by atoms with Crippen LogP contribution in [0.4, 0.5) is 0 Å². The van der Waals surface area contributed by atoms with Crippen molar-refractivity contribution >= 4 is 35.9 Å². The Morgan fingerprint density at radius 1 is 1.31 bits per heavy atom. The molecule has 9 heteroatoms. The van der Waals surface area contributed by atoms with E-state index in [9.17, 15) is 9.13 Å².